The van der Waals surface area contributed by atoms with Crippen molar-refractivity contribution in [3.8, 4) is 11.5 Å². The molecule has 0 aromatic heterocycles. The fourth-order valence-corrected chi connectivity index (χ4v) is 4.24. The van der Waals surface area contributed by atoms with Gasteiger partial charge in [0.1, 0.15) is 16.7 Å². The lowest BCUT2D eigenvalue weighted by atomic mass is 10.1. The number of thioether (sulfide) groups is 1. The van der Waals surface area contributed by atoms with E-state index in [1.165, 1.54) is 31.0 Å². The Morgan fingerprint density at radius 1 is 1.29 bits per heavy atom. The van der Waals surface area contributed by atoms with Gasteiger partial charge in [0.15, 0.2) is 11.5 Å². The van der Waals surface area contributed by atoms with E-state index in [4.69, 9.17) is 33.3 Å². The monoisotopic (exact) mass is 437 g/mol. The van der Waals surface area contributed by atoms with E-state index in [-0.39, 0.29) is 18.1 Å². The molecule has 1 aliphatic rings. The van der Waals surface area contributed by atoms with Crippen LogP contribution in [0.3, 0.4) is 0 Å². The minimum Gasteiger partial charge on any atom is -0.493 e. The van der Waals surface area contributed by atoms with Crippen LogP contribution in [-0.2, 0) is 11.4 Å². The lowest BCUT2D eigenvalue weighted by Gasteiger charge is -2.13. The van der Waals surface area contributed by atoms with E-state index in [0.717, 1.165) is 5.56 Å². The van der Waals surface area contributed by atoms with Crippen LogP contribution in [0.25, 0.3) is 6.08 Å². The molecule has 0 atom stereocenters. The number of rotatable bonds is 6. The van der Waals surface area contributed by atoms with Crippen LogP contribution in [0.1, 0.15) is 18.1 Å². The Kier molecular flexibility index (Phi) is 6.59. The van der Waals surface area contributed by atoms with Crippen molar-refractivity contribution in [2.45, 2.75) is 13.5 Å². The van der Waals surface area contributed by atoms with Gasteiger partial charge in [0, 0.05) is 12.1 Å². The van der Waals surface area contributed by atoms with Gasteiger partial charge in [-0.2, -0.15) is 0 Å². The van der Waals surface area contributed by atoms with Crippen molar-refractivity contribution in [2.75, 3.05) is 13.7 Å². The lowest BCUT2D eigenvalue weighted by molar-refractivity contribution is -0.121. The van der Waals surface area contributed by atoms with Gasteiger partial charge in [-0.15, -0.1) is 0 Å². The quantitative estimate of drug-likeness (QED) is 0.453. The number of methoxy groups -OCH3 is 1. The summed E-state index contributed by atoms with van der Waals surface area (Å²) in [5, 5.41) is 0.290. The molecule has 1 amide bonds. The number of nitrogens with zero attached hydrogens (tertiary/aromatic N) is 1. The van der Waals surface area contributed by atoms with Crippen LogP contribution in [0.5, 0.6) is 11.5 Å². The van der Waals surface area contributed by atoms with E-state index < -0.39 is 5.82 Å². The van der Waals surface area contributed by atoms with Crippen molar-refractivity contribution < 1.29 is 18.7 Å². The van der Waals surface area contributed by atoms with Crippen molar-refractivity contribution in [1.82, 2.24) is 4.90 Å². The maximum atomic E-state index is 14.0. The summed E-state index contributed by atoms with van der Waals surface area (Å²) in [7, 11) is 1.52. The lowest BCUT2D eigenvalue weighted by Crippen LogP contribution is -2.27. The number of carbonyl (C=O) groups excluding carboxylic acids is 1. The predicted octanol–water partition coefficient (Wildman–Crippen LogP) is 5.29. The van der Waals surface area contributed by atoms with Gasteiger partial charge in [-0.3, -0.25) is 9.69 Å². The smallest absolute Gasteiger partial charge is 0.266 e. The van der Waals surface area contributed by atoms with Gasteiger partial charge in [-0.1, -0.05) is 47.7 Å². The highest BCUT2D eigenvalue weighted by atomic mass is 35.5. The Hall–Kier alpha value is -2.09. The molecule has 28 heavy (non-hydrogen) atoms. The summed E-state index contributed by atoms with van der Waals surface area (Å²) in [4.78, 5) is 14.5. The highest BCUT2D eigenvalue weighted by Crippen LogP contribution is 2.35. The first-order valence-corrected chi connectivity index (χ1v) is 10.0. The minimum absolute atomic E-state index is 0.0523. The number of likely N-dealkylation sites (N-methyl/N-ethyl adjacent to an activating group) is 1. The summed E-state index contributed by atoms with van der Waals surface area (Å²) in [5.41, 5.74) is 1.01. The molecule has 0 N–H and O–H groups in total. The molecule has 0 bridgehead atoms. The highest BCUT2D eigenvalue weighted by molar-refractivity contribution is 8.26. The van der Waals surface area contributed by atoms with Crippen molar-refractivity contribution in [3.05, 3.63) is 63.3 Å². The van der Waals surface area contributed by atoms with Gasteiger partial charge < -0.3 is 9.47 Å². The average molecular weight is 438 g/mol. The number of hydrogen-bond acceptors (Lipinski definition) is 5. The van der Waals surface area contributed by atoms with E-state index in [1.807, 2.05) is 6.92 Å². The Morgan fingerprint density at radius 3 is 2.71 bits per heavy atom. The van der Waals surface area contributed by atoms with Crippen LogP contribution in [0, 0.1) is 5.82 Å². The molecule has 1 fully saturated rings. The zero-order valence-electron chi connectivity index (χ0n) is 15.2. The topological polar surface area (TPSA) is 38.8 Å². The molecule has 2 aromatic rings. The maximum Gasteiger partial charge on any atom is 0.266 e. The molecule has 1 saturated heterocycles. The summed E-state index contributed by atoms with van der Waals surface area (Å²) in [6.07, 6.45) is 1.75. The van der Waals surface area contributed by atoms with E-state index >= 15 is 0 Å². The molecule has 1 heterocycles. The molecule has 1 aliphatic heterocycles. The molecule has 0 unspecified atom stereocenters. The first kappa shape index (κ1) is 20.6. The van der Waals surface area contributed by atoms with Gasteiger partial charge in [0.2, 0.25) is 0 Å². The van der Waals surface area contributed by atoms with Crippen LogP contribution in [0.4, 0.5) is 4.39 Å². The van der Waals surface area contributed by atoms with Crippen LogP contribution < -0.4 is 9.47 Å². The van der Waals surface area contributed by atoms with Crippen molar-refractivity contribution >= 4 is 51.9 Å². The second-order valence-electron chi connectivity index (χ2n) is 5.83. The second-order valence-corrected chi connectivity index (χ2v) is 7.91. The van der Waals surface area contributed by atoms with E-state index in [0.29, 0.717) is 32.3 Å². The first-order chi connectivity index (χ1) is 13.4. The molecule has 0 saturated carbocycles. The fourth-order valence-electron chi connectivity index (χ4n) is 2.64. The molecule has 0 aliphatic carbocycles. The number of thiocarbonyl (C=S) groups is 1. The first-order valence-electron chi connectivity index (χ1n) is 8.43. The van der Waals surface area contributed by atoms with Gasteiger partial charge in [0.25, 0.3) is 5.91 Å². The zero-order chi connectivity index (χ0) is 20.3. The Balaban J connectivity index is 1.86. The van der Waals surface area contributed by atoms with E-state index in [2.05, 4.69) is 0 Å². The number of ether oxygens (including phenoxy) is 2. The third kappa shape index (κ3) is 4.32. The molecule has 146 valence electrons. The Labute approximate surface area is 177 Å². The van der Waals surface area contributed by atoms with Crippen LogP contribution in [0.2, 0.25) is 5.02 Å². The number of carbonyl (C=O) groups is 1. The molecule has 0 spiro atoms. The number of hydrogen-bond donors (Lipinski definition) is 0. The second kappa shape index (κ2) is 8.94. The summed E-state index contributed by atoms with van der Waals surface area (Å²) >= 11 is 12.5. The number of benzene rings is 2. The molecular formula is C20H17ClFNO3S2. The number of amides is 1. The molecule has 3 rings (SSSR count). The van der Waals surface area contributed by atoms with Gasteiger partial charge in [-0.25, -0.2) is 4.39 Å². The van der Waals surface area contributed by atoms with E-state index in [9.17, 15) is 9.18 Å². The van der Waals surface area contributed by atoms with Gasteiger partial charge in [-0.05, 0) is 42.8 Å². The normalized spacial score (nSPS) is 15.4. The summed E-state index contributed by atoms with van der Waals surface area (Å²) in [5.74, 6) is 0.354. The maximum absolute atomic E-state index is 14.0. The predicted molar refractivity (Wildman–Crippen MR) is 114 cm³/mol. The van der Waals surface area contributed by atoms with Gasteiger partial charge in [0.05, 0.1) is 17.0 Å². The van der Waals surface area contributed by atoms with E-state index in [1.54, 1.807) is 35.2 Å². The molecule has 2 aromatic carbocycles. The minimum atomic E-state index is -0.439. The molecule has 8 heteroatoms. The van der Waals surface area contributed by atoms with Crippen molar-refractivity contribution in [1.29, 1.82) is 0 Å². The Morgan fingerprint density at radius 2 is 2.07 bits per heavy atom. The van der Waals surface area contributed by atoms with Gasteiger partial charge >= 0.3 is 0 Å². The third-order valence-electron chi connectivity index (χ3n) is 4.11. The van der Waals surface area contributed by atoms with Crippen LogP contribution in [0.15, 0.2) is 41.3 Å². The fraction of sp³-hybridized carbons (Fsp3) is 0.200. The molecule has 4 nitrogen and oxygen atoms in total. The third-order valence-corrected chi connectivity index (χ3v) is 5.84. The van der Waals surface area contributed by atoms with Crippen LogP contribution >= 0.6 is 35.6 Å². The summed E-state index contributed by atoms with van der Waals surface area (Å²) < 4.78 is 25.6. The van der Waals surface area contributed by atoms with Crippen LogP contribution in [-0.4, -0.2) is 28.8 Å². The standard InChI is InChI=1S/C20H17ClFNO3S2/c1-3-23-19(24)18(28-20(23)27)10-12-7-8-16(25-2)17(9-12)26-11-13-14(21)5-4-6-15(13)22/h4-10H,3,11H2,1-2H3. The average Bonchev–Trinajstić information content (AvgIpc) is 2.94. The SMILES string of the molecule is CCN1C(=O)C(=Cc2ccc(OC)c(OCc3c(F)cccc3Cl)c2)SC1=S. The largest absolute Gasteiger partial charge is 0.493 e. The zero-order valence-corrected chi connectivity index (χ0v) is 17.6. The number of halogens is 2. The summed E-state index contributed by atoms with van der Waals surface area (Å²) in [6.45, 7) is 2.35. The van der Waals surface area contributed by atoms with Crippen molar-refractivity contribution in [2.24, 2.45) is 0 Å². The molecular weight excluding hydrogens is 421 g/mol. The molecule has 0 radical (unpaired) electrons. The Bertz CT molecular complexity index is 944. The highest BCUT2D eigenvalue weighted by Gasteiger charge is 2.30. The van der Waals surface area contributed by atoms with Crippen molar-refractivity contribution in [3.63, 3.8) is 0 Å². The summed E-state index contributed by atoms with van der Waals surface area (Å²) in [6, 6.07) is 9.73.